The maximum absolute atomic E-state index is 12.1. The summed E-state index contributed by atoms with van der Waals surface area (Å²) in [7, 11) is 0. The summed E-state index contributed by atoms with van der Waals surface area (Å²) in [4.78, 5) is 28.3. The Hall–Kier alpha value is -2.09. The maximum Gasteiger partial charge on any atom is 0.348 e. The lowest BCUT2D eigenvalue weighted by Gasteiger charge is -2.03. The first-order valence-electron chi connectivity index (χ1n) is 7.71. The van der Waals surface area contributed by atoms with Crippen molar-refractivity contribution < 1.29 is 19.1 Å². The predicted molar refractivity (Wildman–Crippen MR) is 101 cm³/mol. The van der Waals surface area contributed by atoms with Gasteiger partial charge in [0.05, 0.1) is 30.9 Å². The van der Waals surface area contributed by atoms with E-state index in [0.29, 0.717) is 39.1 Å². The zero-order valence-corrected chi connectivity index (χ0v) is 16.7. The molecule has 26 heavy (non-hydrogen) atoms. The predicted octanol–water partition coefficient (Wildman–Crippen LogP) is 3.23. The van der Waals surface area contributed by atoms with Crippen LogP contribution in [0, 0.1) is 11.3 Å². The summed E-state index contributed by atoms with van der Waals surface area (Å²) in [6.07, 6.45) is 0.119. The molecule has 0 saturated carbocycles. The minimum absolute atomic E-state index is 0.119. The third kappa shape index (κ3) is 4.97. The van der Waals surface area contributed by atoms with E-state index in [0.717, 1.165) is 15.7 Å². The number of nitrogen functional groups attached to an aromatic ring is 1. The molecule has 7 nitrogen and oxygen atoms in total. The average Bonchev–Trinajstić information content (AvgIpc) is 3.17. The number of carbonyl (C=O) groups is 2. The molecule has 138 valence electrons. The van der Waals surface area contributed by atoms with Crippen molar-refractivity contribution in [2.24, 2.45) is 0 Å². The average molecular weight is 412 g/mol. The fourth-order valence-electron chi connectivity index (χ4n) is 2.04. The largest absolute Gasteiger partial charge is 0.466 e. The molecule has 0 spiro atoms. The number of nitriles is 1. The van der Waals surface area contributed by atoms with Gasteiger partial charge in [-0.05, 0) is 13.8 Å². The summed E-state index contributed by atoms with van der Waals surface area (Å²) < 4.78 is 10.7. The molecule has 2 aromatic heterocycles. The van der Waals surface area contributed by atoms with E-state index < -0.39 is 5.97 Å². The Morgan fingerprint density at radius 2 is 2.08 bits per heavy atom. The van der Waals surface area contributed by atoms with Gasteiger partial charge in [0, 0.05) is 16.7 Å². The van der Waals surface area contributed by atoms with Gasteiger partial charge in [0.2, 0.25) is 0 Å². The van der Waals surface area contributed by atoms with Crippen LogP contribution in [0.1, 0.15) is 40.3 Å². The molecule has 0 unspecified atom stereocenters. The van der Waals surface area contributed by atoms with Crippen LogP contribution in [0.15, 0.2) is 9.72 Å². The molecular formula is C16H17N3O4S3. The fraction of sp³-hybridized carbons (Fsp3) is 0.375. The second-order valence-electron chi connectivity index (χ2n) is 4.86. The summed E-state index contributed by atoms with van der Waals surface area (Å²) in [6, 6.07) is 2.05. The van der Waals surface area contributed by atoms with Gasteiger partial charge in [0.1, 0.15) is 20.3 Å². The van der Waals surface area contributed by atoms with Gasteiger partial charge in [-0.3, -0.25) is 4.79 Å². The van der Waals surface area contributed by atoms with Gasteiger partial charge >= 0.3 is 11.9 Å². The normalized spacial score (nSPS) is 10.3. The minimum Gasteiger partial charge on any atom is -0.466 e. The second-order valence-corrected chi connectivity index (χ2v) is 7.99. The number of esters is 2. The number of rotatable bonds is 8. The fourth-order valence-corrected chi connectivity index (χ4v) is 4.93. The first-order chi connectivity index (χ1) is 12.5. The standard InChI is InChI=1S/C16H17N3O4S3/c1-3-22-12(20)5-9-7-24-16(19-9)25-8-11-10(6-17)14(18)26-13(11)15(21)23-4-2/h7H,3-5,8,18H2,1-2H3. The summed E-state index contributed by atoms with van der Waals surface area (Å²) in [5.41, 5.74) is 7.34. The van der Waals surface area contributed by atoms with Gasteiger partial charge in [-0.1, -0.05) is 11.8 Å². The van der Waals surface area contributed by atoms with E-state index in [1.54, 1.807) is 19.2 Å². The highest BCUT2D eigenvalue weighted by atomic mass is 32.2. The van der Waals surface area contributed by atoms with E-state index in [2.05, 4.69) is 4.98 Å². The van der Waals surface area contributed by atoms with Gasteiger partial charge in [0.15, 0.2) is 0 Å². The Morgan fingerprint density at radius 1 is 1.35 bits per heavy atom. The number of aromatic nitrogens is 1. The number of nitrogens with zero attached hydrogens (tertiary/aromatic N) is 2. The topological polar surface area (TPSA) is 115 Å². The van der Waals surface area contributed by atoms with Crippen LogP contribution in [0.3, 0.4) is 0 Å². The number of hydrogen-bond acceptors (Lipinski definition) is 10. The van der Waals surface area contributed by atoms with Crippen molar-refractivity contribution in [2.75, 3.05) is 18.9 Å². The van der Waals surface area contributed by atoms with Crippen molar-refractivity contribution in [1.82, 2.24) is 4.98 Å². The number of thioether (sulfide) groups is 1. The van der Waals surface area contributed by atoms with E-state index in [9.17, 15) is 14.9 Å². The Labute approximate surface area is 163 Å². The number of hydrogen-bond donors (Lipinski definition) is 1. The first kappa shape index (κ1) is 20.2. The number of thiophene rings is 1. The Morgan fingerprint density at radius 3 is 2.73 bits per heavy atom. The van der Waals surface area contributed by atoms with E-state index in [4.69, 9.17) is 15.2 Å². The molecule has 0 amide bonds. The molecule has 0 aliphatic carbocycles. The van der Waals surface area contributed by atoms with Gasteiger partial charge in [-0.15, -0.1) is 22.7 Å². The van der Waals surface area contributed by atoms with Crippen LogP contribution in [-0.4, -0.2) is 30.1 Å². The molecule has 0 fully saturated rings. The molecule has 0 aliphatic heterocycles. The lowest BCUT2D eigenvalue weighted by atomic mass is 10.2. The Kier molecular flexibility index (Phi) is 7.44. The van der Waals surface area contributed by atoms with Crippen molar-refractivity contribution in [1.29, 1.82) is 5.26 Å². The quantitative estimate of drug-likeness (QED) is 0.520. The van der Waals surface area contributed by atoms with Gasteiger partial charge < -0.3 is 15.2 Å². The molecule has 2 aromatic rings. The second kappa shape index (κ2) is 9.56. The zero-order valence-electron chi connectivity index (χ0n) is 14.2. The molecule has 2 heterocycles. The van der Waals surface area contributed by atoms with Crippen LogP contribution >= 0.6 is 34.4 Å². The number of nitrogens with two attached hydrogens (primary N) is 1. The molecule has 0 saturated heterocycles. The van der Waals surface area contributed by atoms with E-state index in [1.807, 2.05) is 6.07 Å². The molecule has 0 aliphatic rings. The maximum atomic E-state index is 12.1. The van der Waals surface area contributed by atoms with Crippen molar-refractivity contribution >= 4 is 51.4 Å². The molecule has 2 N–H and O–H groups in total. The molecule has 2 rings (SSSR count). The Balaban J connectivity index is 2.12. The Bertz CT molecular complexity index is 838. The molecule has 0 radical (unpaired) electrons. The van der Waals surface area contributed by atoms with Crippen LogP contribution in [-0.2, 0) is 26.4 Å². The van der Waals surface area contributed by atoms with Crippen LogP contribution in [0.5, 0.6) is 0 Å². The molecular weight excluding hydrogens is 394 g/mol. The lowest BCUT2D eigenvalue weighted by Crippen LogP contribution is -2.07. The van der Waals surface area contributed by atoms with Crippen molar-refractivity contribution in [3.8, 4) is 6.07 Å². The van der Waals surface area contributed by atoms with Crippen molar-refractivity contribution in [3.63, 3.8) is 0 Å². The highest BCUT2D eigenvalue weighted by molar-refractivity contribution is 8.00. The van der Waals surface area contributed by atoms with Crippen LogP contribution in [0.25, 0.3) is 0 Å². The monoisotopic (exact) mass is 411 g/mol. The van der Waals surface area contributed by atoms with Crippen LogP contribution < -0.4 is 5.73 Å². The summed E-state index contributed by atoms with van der Waals surface area (Å²) in [5.74, 6) is -0.448. The summed E-state index contributed by atoms with van der Waals surface area (Å²) >= 11 is 3.82. The SMILES string of the molecule is CCOC(=O)Cc1csc(SCc2c(C(=O)OCC)sc(N)c2C#N)n1. The number of thiazole rings is 1. The molecule has 0 aromatic carbocycles. The van der Waals surface area contributed by atoms with Crippen molar-refractivity contribution in [2.45, 2.75) is 30.4 Å². The summed E-state index contributed by atoms with van der Waals surface area (Å²) in [6.45, 7) is 4.04. The van der Waals surface area contributed by atoms with Crippen molar-refractivity contribution in [3.05, 3.63) is 27.1 Å². The van der Waals surface area contributed by atoms with E-state index >= 15 is 0 Å². The van der Waals surface area contributed by atoms with Crippen LogP contribution in [0.2, 0.25) is 0 Å². The number of ether oxygens (including phenoxy) is 2. The van der Waals surface area contributed by atoms with E-state index in [1.165, 1.54) is 23.1 Å². The first-order valence-corrected chi connectivity index (χ1v) is 10.4. The zero-order chi connectivity index (χ0) is 19.1. The van der Waals surface area contributed by atoms with Crippen LogP contribution in [0.4, 0.5) is 5.00 Å². The molecule has 0 atom stereocenters. The van der Waals surface area contributed by atoms with Gasteiger partial charge in [0.25, 0.3) is 0 Å². The third-order valence-corrected chi connectivity index (χ3v) is 6.25. The molecule has 10 heteroatoms. The third-order valence-electron chi connectivity index (χ3n) is 3.11. The number of carbonyl (C=O) groups excluding carboxylic acids is 2. The van der Waals surface area contributed by atoms with Gasteiger partial charge in [-0.2, -0.15) is 5.26 Å². The smallest absolute Gasteiger partial charge is 0.348 e. The van der Waals surface area contributed by atoms with E-state index in [-0.39, 0.29) is 19.0 Å². The highest BCUT2D eigenvalue weighted by Gasteiger charge is 2.23. The summed E-state index contributed by atoms with van der Waals surface area (Å²) in [5, 5.41) is 11.4. The lowest BCUT2D eigenvalue weighted by molar-refractivity contribution is -0.142. The highest BCUT2D eigenvalue weighted by Crippen LogP contribution is 2.36. The minimum atomic E-state index is -0.483. The molecule has 0 bridgehead atoms. The van der Waals surface area contributed by atoms with Gasteiger partial charge in [-0.25, -0.2) is 9.78 Å². The number of anilines is 1.